The maximum Gasteiger partial charge on any atom is 0.407 e. The number of rotatable bonds is 9. The predicted octanol–water partition coefficient (Wildman–Crippen LogP) is 4.71. The summed E-state index contributed by atoms with van der Waals surface area (Å²) >= 11 is 1.58. The first-order valence-corrected chi connectivity index (χ1v) is 15.3. The number of nitrogens with zero attached hydrogens (tertiary/aromatic N) is 3. The molecule has 0 spiro atoms. The van der Waals surface area contributed by atoms with Gasteiger partial charge in [-0.25, -0.2) is 9.78 Å². The molecular weight excluding hydrogens is 570 g/mol. The molecule has 1 fully saturated rings. The molecule has 232 valence electrons. The number of aryl methyl sites for hydroxylation is 1. The van der Waals surface area contributed by atoms with Crippen LogP contribution in [-0.2, 0) is 20.9 Å². The van der Waals surface area contributed by atoms with Gasteiger partial charge in [-0.2, -0.15) is 0 Å². The number of hydrogen-bond donors (Lipinski definition) is 3. The number of aliphatic hydroxyl groups is 1. The summed E-state index contributed by atoms with van der Waals surface area (Å²) in [6.45, 7) is 13.0. The fourth-order valence-corrected chi connectivity index (χ4v) is 5.96. The van der Waals surface area contributed by atoms with E-state index in [1.165, 1.54) is 4.90 Å². The Morgan fingerprint density at radius 2 is 1.88 bits per heavy atom. The molecular formula is C31H41N5O6S. The number of carbonyl (C=O) groups is 3. The molecule has 3 heterocycles. The SMILES string of the molecule is Cc1ncsc1-c1ccc([C@H](C)NC(=O)[C@@H]2C[C@@H](O)CN2C(=O)[C@H](c2cc(CNC(=O)OC(C)(C)C)no2)C(C)C)cc1. The number of hydrogen-bond acceptors (Lipinski definition) is 9. The van der Waals surface area contributed by atoms with Crippen LogP contribution in [0.2, 0.25) is 0 Å². The molecule has 11 nitrogen and oxygen atoms in total. The van der Waals surface area contributed by atoms with Crippen molar-refractivity contribution in [3.05, 3.63) is 58.6 Å². The Morgan fingerprint density at radius 1 is 1.19 bits per heavy atom. The Balaban J connectivity index is 1.42. The largest absolute Gasteiger partial charge is 0.444 e. The molecule has 0 radical (unpaired) electrons. The van der Waals surface area contributed by atoms with Crippen LogP contribution in [0, 0.1) is 12.8 Å². The van der Waals surface area contributed by atoms with Gasteiger partial charge in [-0.05, 0) is 51.7 Å². The molecule has 0 saturated carbocycles. The van der Waals surface area contributed by atoms with Crippen molar-refractivity contribution in [1.82, 2.24) is 25.7 Å². The number of likely N-dealkylation sites (tertiary alicyclic amines) is 1. The van der Waals surface area contributed by atoms with E-state index in [2.05, 4.69) is 20.8 Å². The number of amides is 3. The first-order chi connectivity index (χ1) is 20.2. The zero-order chi connectivity index (χ0) is 31.5. The first kappa shape index (κ1) is 32.2. The molecule has 4 rings (SSSR count). The van der Waals surface area contributed by atoms with Gasteiger partial charge in [-0.15, -0.1) is 11.3 Å². The zero-order valence-electron chi connectivity index (χ0n) is 25.7. The van der Waals surface area contributed by atoms with E-state index in [0.29, 0.717) is 11.5 Å². The van der Waals surface area contributed by atoms with Crippen molar-refractivity contribution in [2.75, 3.05) is 6.54 Å². The Hall–Kier alpha value is -3.77. The third-order valence-electron chi connectivity index (χ3n) is 7.27. The average molecular weight is 612 g/mol. The molecule has 3 amide bonds. The van der Waals surface area contributed by atoms with Crippen LogP contribution in [-0.4, -0.2) is 62.3 Å². The molecule has 1 saturated heterocycles. The van der Waals surface area contributed by atoms with Gasteiger partial charge in [0.25, 0.3) is 0 Å². The van der Waals surface area contributed by atoms with Crippen molar-refractivity contribution in [3.8, 4) is 10.4 Å². The number of alkyl carbamates (subject to hydrolysis) is 1. The van der Waals surface area contributed by atoms with Gasteiger partial charge in [0.05, 0.1) is 34.8 Å². The van der Waals surface area contributed by atoms with Crippen LogP contribution in [0.3, 0.4) is 0 Å². The summed E-state index contributed by atoms with van der Waals surface area (Å²) in [7, 11) is 0. The molecule has 3 N–H and O–H groups in total. The molecule has 0 bridgehead atoms. The Morgan fingerprint density at radius 3 is 2.49 bits per heavy atom. The van der Waals surface area contributed by atoms with E-state index in [1.54, 1.807) is 38.2 Å². The number of carbonyl (C=O) groups excluding carboxylic acids is 3. The lowest BCUT2D eigenvalue weighted by Gasteiger charge is -2.29. The minimum Gasteiger partial charge on any atom is -0.444 e. The lowest BCUT2D eigenvalue weighted by atomic mass is 9.91. The van der Waals surface area contributed by atoms with Crippen molar-refractivity contribution in [2.45, 2.75) is 91.1 Å². The summed E-state index contributed by atoms with van der Waals surface area (Å²) in [6.07, 6.45) is -1.28. The van der Waals surface area contributed by atoms with Gasteiger partial charge >= 0.3 is 6.09 Å². The number of thiazole rings is 1. The quantitative estimate of drug-likeness (QED) is 0.315. The molecule has 1 aliphatic rings. The molecule has 0 aliphatic carbocycles. The highest BCUT2D eigenvalue weighted by molar-refractivity contribution is 7.13. The van der Waals surface area contributed by atoms with Gasteiger partial charge in [0, 0.05) is 19.0 Å². The minimum atomic E-state index is -0.832. The predicted molar refractivity (Wildman–Crippen MR) is 162 cm³/mol. The van der Waals surface area contributed by atoms with Gasteiger partial charge < -0.3 is 29.9 Å². The third-order valence-corrected chi connectivity index (χ3v) is 8.25. The van der Waals surface area contributed by atoms with Gasteiger partial charge in [0.1, 0.15) is 29.0 Å². The smallest absolute Gasteiger partial charge is 0.407 e. The second-order valence-corrected chi connectivity index (χ2v) is 13.2. The number of ether oxygens (including phenoxy) is 1. The molecule has 2 aromatic heterocycles. The number of benzene rings is 1. The summed E-state index contributed by atoms with van der Waals surface area (Å²) in [4.78, 5) is 46.2. The van der Waals surface area contributed by atoms with E-state index >= 15 is 0 Å². The van der Waals surface area contributed by atoms with E-state index in [4.69, 9.17) is 9.26 Å². The maximum absolute atomic E-state index is 13.9. The van der Waals surface area contributed by atoms with Gasteiger partial charge in [-0.3, -0.25) is 9.59 Å². The lowest BCUT2D eigenvalue weighted by Crippen LogP contribution is -2.48. The monoisotopic (exact) mass is 611 g/mol. The summed E-state index contributed by atoms with van der Waals surface area (Å²) in [5, 5.41) is 20.2. The van der Waals surface area contributed by atoms with E-state index in [-0.39, 0.29) is 43.3 Å². The van der Waals surface area contributed by atoms with Gasteiger partial charge in [0.15, 0.2) is 0 Å². The highest BCUT2D eigenvalue weighted by atomic mass is 32.1. The molecule has 1 aliphatic heterocycles. The van der Waals surface area contributed by atoms with Crippen LogP contribution in [0.5, 0.6) is 0 Å². The highest BCUT2D eigenvalue weighted by Crippen LogP contribution is 2.32. The topological polar surface area (TPSA) is 147 Å². The Kier molecular flexibility index (Phi) is 9.91. The second-order valence-electron chi connectivity index (χ2n) is 12.3. The van der Waals surface area contributed by atoms with Crippen LogP contribution in [0.4, 0.5) is 4.79 Å². The second kappa shape index (κ2) is 13.3. The van der Waals surface area contributed by atoms with Crippen LogP contribution in [0.25, 0.3) is 10.4 Å². The first-order valence-electron chi connectivity index (χ1n) is 14.4. The summed E-state index contributed by atoms with van der Waals surface area (Å²) in [5.41, 5.74) is 4.57. The van der Waals surface area contributed by atoms with E-state index in [1.807, 2.05) is 57.5 Å². The number of aromatic nitrogens is 2. The summed E-state index contributed by atoms with van der Waals surface area (Å²) in [6, 6.07) is 8.45. The van der Waals surface area contributed by atoms with Crippen molar-refractivity contribution < 1.29 is 28.8 Å². The number of β-amino-alcohol motifs (C(OH)–C–C–N with tert-alkyl or cyclic N) is 1. The zero-order valence-corrected chi connectivity index (χ0v) is 26.5. The summed E-state index contributed by atoms with van der Waals surface area (Å²) in [5.74, 6) is -1.25. The molecule has 4 atom stereocenters. The van der Waals surface area contributed by atoms with Gasteiger partial charge in [-0.1, -0.05) is 43.3 Å². The summed E-state index contributed by atoms with van der Waals surface area (Å²) < 4.78 is 10.8. The molecule has 12 heteroatoms. The number of nitrogens with one attached hydrogen (secondary N) is 2. The lowest BCUT2D eigenvalue weighted by molar-refractivity contribution is -0.141. The standard InChI is InChI=1S/C31H41N5O6S/c1-17(2)26(25-12-22(35-42-25)14-32-30(40)41-31(5,6)7)29(39)36-15-23(37)13-24(36)28(38)34-18(3)20-8-10-21(11-9-20)27-19(4)33-16-43-27/h8-12,16-18,23-24,26,37H,13-15H2,1-7H3,(H,32,40)(H,34,38)/t18-,23+,24-,26-/m0/s1. The van der Waals surface area contributed by atoms with E-state index < -0.39 is 29.8 Å². The van der Waals surface area contributed by atoms with E-state index in [9.17, 15) is 19.5 Å². The Labute approximate surface area is 256 Å². The van der Waals surface area contributed by atoms with Crippen LogP contribution < -0.4 is 10.6 Å². The van der Waals surface area contributed by atoms with Crippen molar-refractivity contribution in [3.63, 3.8) is 0 Å². The Bertz CT molecular complexity index is 1430. The highest BCUT2D eigenvalue weighted by Gasteiger charge is 2.43. The van der Waals surface area contributed by atoms with Crippen molar-refractivity contribution in [2.24, 2.45) is 5.92 Å². The fraction of sp³-hybridized carbons (Fsp3) is 0.516. The fourth-order valence-electron chi connectivity index (χ4n) is 5.15. The minimum absolute atomic E-state index is 0.0403. The number of aliphatic hydroxyl groups excluding tert-OH is 1. The van der Waals surface area contributed by atoms with Crippen LogP contribution >= 0.6 is 11.3 Å². The molecule has 0 unspecified atom stereocenters. The maximum atomic E-state index is 13.9. The average Bonchev–Trinajstić information content (AvgIpc) is 3.66. The van der Waals surface area contributed by atoms with E-state index in [0.717, 1.165) is 21.7 Å². The van der Waals surface area contributed by atoms with Crippen LogP contribution in [0.1, 0.15) is 82.6 Å². The molecule has 1 aromatic carbocycles. The van der Waals surface area contributed by atoms with Crippen molar-refractivity contribution in [1.29, 1.82) is 0 Å². The van der Waals surface area contributed by atoms with Gasteiger partial charge in [0.2, 0.25) is 11.8 Å². The third kappa shape index (κ3) is 7.99. The van der Waals surface area contributed by atoms with Crippen molar-refractivity contribution >= 4 is 29.2 Å². The van der Waals surface area contributed by atoms with Crippen LogP contribution in [0.15, 0.2) is 40.4 Å². The normalized spacial score (nSPS) is 18.4. The molecule has 43 heavy (non-hydrogen) atoms. The molecule has 3 aromatic rings.